The maximum absolute atomic E-state index is 12.9. The van der Waals surface area contributed by atoms with Crippen LogP contribution in [0.15, 0.2) is 30.3 Å². The lowest BCUT2D eigenvalue weighted by atomic mass is 9.87. The Morgan fingerprint density at radius 3 is 2.16 bits per heavy atom. The van der Waals surface area contributed by atoms with E-state index in [0.29, 0.717) is 13.1 Å². The maximum atomic E-state index is 12.9. The van der Waals surface area contributed by atoms with Crippen molar-refractivity contribution in [2.45, 2.75) is 65.9 Å². The quantitative estimate of drug-likeness (QED) is 0.715. The number of amides is 1. The molecule has 0 spiro atoms. The molecule has 168 valence electrons. The molecular weight excluding hydrogens is 388 g/mol. The van der Waals surface area contributed by atoms with E-state index in [9.17, 15) is 4.79 Å². The van der Waals surface area contributed by atoms with Crippen molar-refractivity contribution in [2.24, 2.45) is 0 Å². The molecule has 1 aromatic heterocycles. The number of anilines is 1. The zero-order valence-corrected chi connectivity index (χ0v) is 20.0. The molecule has 1 aromatic carbocycles. The van der Waals surface area contributed by atoms with Gasteiger partial charge in [-0.05, 0) is 37.0 Å². The van der Waals surface area contributed by atoms with E-state index in [-0.39, 0.29) is 17.2 Å². The minimum atomic E-state index is -0.513. The molecule has 3 rings (SSSR count). The Morgan fingerprint density at radius 2 is 1.61 bits per heavy atom. The van der Waals surface area contributed by atoms with Gasteiger partial charge < -0.3 is 14.5 Å². The van der Waals surface area contributed by atoms with Crippen LogP contribution in [0, 0.1) is 6.92 Å². The van der Waals surface area contributed by atoms with E-state index in [4.69, 9.17) is 9.72 Å². The molecule has 0 bridgehead atoms. The summed E-state index contributed by atoms with van der Waals surface area (Å²) in [6, 6.07) is 10.1. The van der Waals surface area contributed by atoms with Crippen LogP contribution in [-0.4, -0.2) is 53.1 Å². The molecule has 31 heavy (non-hydrogen) atoms. The number of hydrogen-bond acceptors (Lipinski definition) is 5. The van der Waals surface area contributed by atoms with E-state index < -0.39 is 6.10 Å². The van der Waals surface area contributed by atoms with E-state index in [1.54, 1.807) is 0 Å². The first-order valence-corrected chi connectivity index (χ1v) is 11.2. The zero-order chi connectivity index (χ0) is 22.8. The molecule has 1 aliphatic heterocycles. The van der Waals surface area contributed by atoms with Gasteiger partial charge in [0, 0.05) is 43.9 Å². The van der Waals surface area contributed by atoms with Crippen LogP contribution in [0.25, 0.3) is 0 Å². The predicted octanol–water partition coefficient (Wildman–Crippen LogP) is 4.32. The highest BCUT2D eigenvalue weighted by Crippen LogP contribution is 2.25. The lowest BCUT2D eigenvalue weighted by molar-refractivity contribution is -0.138. The van der Waals surface area contributed by atoms with Crippen LogP contribution in [0.3, 0.4) is 0 Å². The number of aryl methyl sites for hydroxylation is 1. The number of carbonyl (C=O) groups is 1. The molecule has 0 N–H and O–H groups in total. The molecule has 0 aliphatic carbocycles. The Morgan fingerprint density at radius 1 is 1.00 bits per heavy atom. The highest BCUT2D eigenvalue weighted by molar-refractivity contribution is 5.81. The second kappa shape index (κ2) is 9.25. The van der Waals surface area contributed by atoms with Crippen molar-refractivity contribution in [1.82, 2.24) is 14.9 Å². The smallest absolute Gasteiger partial charge is 0.263 e. The van der Waals surface area contributed by atoms with E-state index in [2.05, 4.69) is 56.6 Å². The standard InChI is InChI=1S/C25H36N4O2/c1-17(2)23-26-18(3)16-22(27-23)28-12-14-29(15-13-28)24(30)19(4)31-21-10-8-20(9-11-21)25(5,6)7/h8-11,16-17,19H,12-15H2,1-7H3. The highest BCUT2D eigenvalue weighted by Gasteiger charge is 2.27. The van der Waals surface area contributed by atoms with Gasteiger partial charge in [-0.15, -0.1) is 0 Å². The minimum Gasteiger partial charge on any atom is -0.481 e. The van der Waals surface area contributed by atoms with Gasteiger partial charge >= 0.3 is 0 Å². The van der Waals surface area contributed by atoms with Crippen LogP contribution in [0.2, 0.25) is 0 Å². The van der Waals surface area contributed by atoms with Gasteiger partial charge in [0.25, 0.3) is 5.91 Å². The van der Waals surface area contributed by atoms with Crippen molar-refractivity contribution in [3.8, 4) is 5.75 Å². The van der Waals surface area contributed by atoms with E-state index in [1.807, 2.05) is 36.9 Å². The molecule has 0 saturated carbocycles. The molecule has 6 nitrogen and oxygen atoms in total. The fourth-order valence-corrected chi connectivity index (χ4v) is 3.70. The number of aromatic nitrogens is 2. The predicted molar refractivity (Wildman–Crippen MR) is 125 cm³/mol. The van der Waals surface area contributed by atoms with Crippen molar-refractivity contribution in [2.75, 3.05) is 31.1 Å². The van der Waals surface area contributed by atoms with E-state index in [1.165, 1.54) is 5.56 Å². The Labute approximate surface area is 186 Å². The topological polar surface area (TPSA) is 58.6 Å². The normalized spacial score (nSPS) is 15.9. The van der Waals surface area contributed by atoms with Gasteiger partial charge in [-0.25, -0.2) is 9.97 Å². The maximum Gasteiger partial charge on any atom is 0.263 e. The number of benzene rings is 1. The minimum absolute atomic E-state index is 0.0290. The van der Waals surface area contributed by atoms with E-state index >= 15 is 0 Å². The summed E-state index contributed by atoms with van der Waals surface area (Å²) in [5.41, 5.74) is 2.32. The number of carbonyl (C=O) groups excluding carboxylic acids is 1. The second-order valence-electron chi connectivity index (χ2n) is 9.73. The van der Waals surface area contributed by atoms with Gasteiger partial charge in [0.2, 0.25) is 0 Å². The van der Waals surface area contributed by atoms with Gasteiger partial charge in [-0.3, -0.25) is 4.79 Å². The monoisotopic (exact) mass is 424 g/mol. The SMILES string of the molecule is Cc1cc(N2CCN(C(=O)C(C)Oc3ccc(C(C)(C)C)cc3)CC2)nc(C(C)C)n1. The van der Waals surface area contributed by atoms with Gasteiger partial charge in [0.1, 0.15) is 17.4 Å². The zero-order valence-electron chi connectivity index (χ0n) is 20.0. The number of nitrogens with zero attached hydrogens (tertiary/aromatic N) is 4. The number of ether oxygens (including phenoxy) is 1. The first-order chi connectivity index (χ1) is 14.5. The largest absolute Gasteiger partial charge is 0.481 e. The first kappa shape index (κ1) is 23.0. The summed E-state index contributed by atoms with van der Waals surface area (Å²) in [4.78, 5) is 26.3. The Balaban J connectivity index is 1.57. The summed E-state index contributed by atoms with van der Waals surface area (Å²) in [7, 11) is 0. The molecule has 6 heteroatoms. The fourth-order valence-electron chi connectivity index (χ4n) is 3.70. The van der Waals surface area contributed by atoms with Gasteiger partial charge in [0.05, 0.1) is 0 Å². The third-order valence-corrected chi connectivity index (χ3v) is 5.67. The third kappa shape index (κ3) is 5.75. The molecule has 1 aliphatic rings. The lowest BCUT2D eigenvalue weighted by Gasteiger charge is -2.36. The average Bonchev–Trinajstić information content (AvgIpc) is 2.72. The Bertz CT molecular complexity index is 895. The van der Waals surface area contributed by atoms with Gasteiger partial charge in [0.15, 0.2) is 6.10 Å². The van der Waals surface area contributed by atoms with Crippen LogP contribution in [0.5, 0.6) is 5.75 Å². The van der Waals surface area contributed by atoms with Crippen molar-refractivity contribution < 1.29 is 9.53 Å². The third-order valence-electron chi connectivity index (χ3n) is 5.67. The molecule has 1 saturated heterocycles. The summed E-state index contributed by atoms with van der Waals surface area (Å²) in [5, 5.41) is 0. The van der Waals surface area contributed by atoms with Crippen molar-refractivity contribution in [3.63, 3.8) is 0 Å². The molecule has 2 heterocycles. The van der Waals surface area contributed by atoms with Gasteiger partial charge in [-0.1, -0.05) is 46.8 Å². The van der Waals surface area contributed by atoms with Crippen LogP contribution in [-0.2, 0) is 10.2 Å². The average molecular weight is 425 g/mol. The summed E-state index contributed by atoms with van der Waals surface area (Å²) in [6.07, 6.45) is -0.513. The molecule has 1 atom stereocenters. The van der Waals surface area contributed by atoms with Gasteiger partial charge in [-0.2, -0.15) is 0 Å². The number of piperazine rings is 1. The molecule has 0 radical (unpaired) electrons. The Kier molecular flexibility index (Phi) is 6.87. The highest BCUT2D eigenvalue weighted by atomic mass is 16.5. The second-order valence-corrected chi connectivity index (χ2v) is 9.73. The van der Waals surface area contributed by atoms with Crippen LogP contribution in [0.1, 0.15) is 64.5 Å². The lowest BCUT2D eigenvalue weighted by Crippen LogP contribution is -2.52. The Hall–Kier alpha value is -2.63. The van der Waals surface area contributed by atoms with Crippen molar-refractivity contribution in [3.05, 3.63) is 47.4 Å². The molecule has 1 amide bonds. The molecule has 1 unspecified atom stereocenters. The summed E-state index contributed by atoms with van der Waals surface area (Å²) in [5.74, 6) is 2.86. The molecular formula is C25H36N4O2. The van der Waals surface area contributed by atoms with Crippen LogP contribution >= 0.6 is 0 Å². The van der Waals surface area contributed by atoms with E-state index in [0.717, 1.165) is 36.2 Å². The first-order valence-electron chi connectivity index (χ1n) is 11.2. The summed E-state index contributed by atoms with van der Waals surface area (Å²) < 4.78 is 5.94. The summed E-state index contributed by atoms with van der Waals surface area (Å²) >= 11 is 0. The number of hydrogen-bond donors (Lipinski definition) is 0. The summed E-state index contributed by atoms with van der Waals surface area (Å²) in [6.45, 7) is 17.4. The molecule has 1 fully saturated rings. The number of rotatable bonds is 5. The van der Waals surface area contributed by atoms with Crippen LogP contribution in [0.4, 0.5) is 5.82 Å². The fraction of sp³-hybridized carbons (Fsp3) is 0.560. The van der Waals surface area contributed by atoms with Crippen LogP contribution < -0.4 is 9.64 Å². The molecule has 2 aromatic rings. The van der Waals surface area contributed by atoms with Crippen molar-refractivity contribution in [1.29, 1.82) is 0 Å². The van der Waals surface area contributed by atoms with Crippen molar-refractivity contribution >= 4 is 11.7 Å².